The zero-order valence-electron chi connectivity index (χ0n) is 5.87. The van der Waals surface area contributed by atoms with Gasteiger partial charge in [-0.1, -0.05) is 0 Å². The molecule has 0 aliphatic carbocycles. The summed E-state index contributed by atoms with van der Waals surface area (Å²) in [7, 11) is 0. The first kappa shape index (κ1) is 7.98. The van der Waals surface area contributed by atoms with Crippen LogP contribution in [0, 0.1) is 0 Å². The molecule has 0 spiro atoms. The Bertz CT molecular complexity index is 363. The number of amides is 2. The van der Waals surface area contributed by atoms with Crippen LogP contribution in [0.1, 0.15) is 0 Å². The molecule has 0 atom stereocenters. The van der Waals surface area contributed by atoms with E-state index in [4.69, 9.17) is 16.7 Å². The predicted octanol–water partition coefficient (Wildman–Crippen LogP) is -1.91. The second kappa shape index (κ2) is 2.49. The van der Waals surface area contributed by atoms with Gasteiger partial charge >= 0.3 is 11.7 Å². The van der Waals surface area contributed by atoms with Crippen molar-refractivity contribution < 1.29 is 9.90 Å². The van der Waals surface area contributed by atoms with E-state index in [9.17, 15) is 9.59 Å². The minimum atomic E-state index is -0.910. The van der Waals surface area contributed by atoms with Crippen LogP contribution >= 0.6 is 0 Å². The first-order valence-corrected chi connectivity index (χ1v) is 2.88. The molecule has 12 heavy (non-hydrogen) atoms. The van der Waals surface area contributed by atoms with E-state index in [2.05, 4.69) is 4.98 Å². The molecule has 1 rings (SSSR count). The molecular formula is C4H7N5O3. The van der Waals surface area contributed by atoms with E-state index in [0.29, 0.717) is 4.68 Å². The van der Waals surface area contributed by atoms with Gasteiger partial charge in [-0.2, -0.15) is 4.68 Å². The Hall–Kier alpha value is -2.12. The van der Waals surface area contributed by atoms with Gasteiger partial charge in [0.2, 0.25) is 0 Å². The lowest BCUT2D eigenvalue weighted by Gasteiger charge is -1.96. The molecule has 0 saturated carbocycles. The van der Waals surface area contributed by atoms with E-state index < -0.39 is 17.6 Å². The van der Waals surface area contributed by atoms with Crippen molar-refractivity contribution in [2.45, 2.75) is 0 Å². The van der Waals surface area contributed by atoms with Gasteiger partial charge in [-0.15, -0.1) is 0 Å². The van der Waals surface area contributed by atoms with Crippen LogP contribution in [0.4, 0.5) is 10.6 Å². The van der Waals surface area contributed by atoms with Gasteiger partial charge in [0, 0.05) is 0 Å². The van der Waals surface area contributed by atoms with Crippen LogP contribution < -0.4 is 22.6 Å². The number of imidazole rings is 1. The molecule has 1 aromatic rings. The number of aromatic amines is 1. The summed E-state index contributed by atoms with van der Waals surface area (Å²) >= 11 is 0. The Morgan fingerprint density at radius 1 is 1.67 bits per heavy atom. The number of nitrogens with two attached hydrogens (primary N) is 2. The molecule has 0 aromatic carbocycles. The highest BCUT2D eigenvalue weighted by Crippen LogP contribution is 2.14. The summed E-state index contributed by atoms with van der Waals surface area (Å²) in [5.74, 6) is 4.20. The first-order valence-electron chi connectivity index (χ1n) is 2.88. The van der Waals surface area contributed by atoms with Crippen LogP contribution in [0.15, 0.2) is 4.79 Å². The van der Waals surface area contributed by atoms with Crippen molar-refractivity contribution in [1.29, 1.82) is 0 Å². The highest BCUT2D eigenvalue weighted by molar-refractivity contribution is 5.87. The zero-order valence-corrected chi connectivity index (χ0v) is 5.87. The molecule has 0 aliphatic heterocycles. The quantitative estimate of drug-likeness (QED) is 0.316. The number of nitrogens with zero attached hydrogens (tertiary/aromatic N) is 1. The molecule has 66 valence electrons. The average molecular weight is 173 g/mol. The Kier molecular flexibility index (Phi) is 1.66. The minimum absolute atomic E-state index is 0.227. The molecule has 0 unspecified atom stereocenters. The predicted molar refractivity (Wildman–Crippen MR) is 40.1 cm³/mol. The summed E-state index contributed by atoms with van der Waals surface area (Å²) in [6.45, 7) is 0. The van der Waals surface area contributed by atoms with Crippen molar-refractivity contribution in [3.05, 3.63) is 10.5 Å². The molecule has 2 amide bonds. The highest BCUT2D eigenvalue weighted by atomic mass is 16.3. The normalized spacial score (nSPS) is 9.67. The van der Waals surface area contributed by atoms with Gasteiger partial charge in [-0.25, -0.2) is 9.59 Å². The van der Waals surface area contributed by atoms with Gasteiger partial charge < -0.3 is 16.7 Å². The number of anilines is 1. The number of nitrogens with one attached hydrogen (secondary N) is 2. The summed E-state index contributed by atoms with van der Waals surface area (Å²) in [5, 5.41) is 11.0. The molecule has 1 aromatic heterocycles. The minimum Gasteiger partial charge on any atom is -0.491 e. The molecule has 1 heterocycles. The fraction of sp³-hybridized carbons (Fsp3) is 0. The van der Waals surface area contributed by atoms with Gasteiger partial charge in [0.25, 0.3) is 5.88 Å². The lowest BCUT2D eigenvalue weighted by molar-refractivity contribution is 0.259. The Morgan fingerprint density at radius 2 is 2.25 bits per heavy atom. The van der Waals surface area contributed by atoms with Crippen LogP contribution in [0.25, 0.3) is 0 Å². The SMILES string of the molecule is NC(=O)Nc1[nH]c(=O)n(N)c1O. The molecule has 0 saturated heterocycles. The van der Waals surface area contributed by atoms with Crippen molar-refractivity contribution in [1.82, 2.24) is 9.66 Å². The maximum absolute atomic E-state index is 10.7. The van der Waals surface area contributed by atoms with Crippen LogP contribution in [0.3, 0.4) is 0 Å². The standard InChI is InChI=1S/C4H7N5O3/c5-3(11)7-1-2(10)9(6)4(12)8-1/h10H,6H2,(H,8,12)(H3,5,7,11). The summed E-state index contributed by atoms with van der Waals surface area (Å²) in [5.41, 5.74) is 3.97. The Balaban J connectivity index is 3.09. The molecule has 8 heteroatoms. The second-order valence-corrected chi connectivity index (χ2v) is 1.99. The number of hydrogen-bond acceptors (Lipinski definition) is 4. The van der Waals surface area contributed by atoms with Gasteiger partial charge in [-0.05, 0) is 0 Å². The number of rotatable bonds is 1. The third kappa shape index (κ3) is 1.17. The van der Waals surface area contributed by atoms with Gasteiger partial charge in [0.05, 0.1) is 0 Å². The van der Waals surface area contributed by atoms with Crippen LogP contribution in [-0.2, 0) is 0 Å². The monoisotopic (exact) mass is 173 g/mol. The fourth-order valence-electron chi connectivity index (χ4n) is 0.650. The number of primary amides is 1. The van der Waals surface area contributed by atoms with E-state index >= 15 is 0 Å². The Labute approximate surface area is 65.8 Å². The number of nitrogen functional groups attached to an aromatic ring is 1. The smallest absolute Gasteiger partial charge is 0.348 e. The largest absolute Gasteiger partial charge is 0.491 e. The summed E-state index contributed by atoms with van der Waals surface area (Å²) < 4.78 is 0.436. The van der Waals surface area contributed by atoms with Crippen LogP contribution in [0.5, 0.6) is 5.88 Å². The molecule has 7 N–H and O–H groups in total. The van der Waals surface area contributed by atoms with Crippen molar-refractivity contribution in [3.63, 3.8) is 0 Å². The van der Waals surface area contributed by atoms with Crippen LogP contribution in [0.2, 0.25) is 0 Å². The second-order valence-electron chi connectivity index (χ2n) is 1.99. The molecule has 0 radical (unpaired) electrons. The Morgan fingerprint density at radius 3 is 2.58 bits per heavy atom. The van der Waals surface area contributed by atoms with Crippen molar-refractivity contribution >= 4 is 11.8 Å². The fourth-order valence-corrected chi connectivity index (χ4v) is 0.650. The summed E-state index contributed by atoms with van der Waals surface area (Å²) in [4.78, 5) is 23.0. The number of aromatic nitrogens is 2. The number of H-pyrrole nitrogens is 1. The van der Waals surface area contributed by atoms with Crippen molar-refractivity contribution in [2.75, 3.05) is 11.2 Å². The lowest BCUT2D eigenvalue weighted by atomic mass is 10.7. The van der Waals surface area contributed by atoms with Gasteiger partial charge in [0.1, 0.15) is 0 Å². The number of hydrogen-bond donors (Lipinski definition) is 5. The topological polar surface area (TPSA) is 139 Å². The van der Waals surface area contributed by atoms with E-state index in [-0.39, 0.29) is 5.82 Å². The van der Waals surface area contributed by atoms with E-state index in [1.807, 2.05) is 5.32 Å². The van der Waals surface area contributed by atoms with Crippen molar-refractivity contribution in [3.8, 4) is 5.88 Å². The number of carbonyl (C=O) groups excluding carboxylic acids is 1. The average Bonchev–Trinajstić information content (AvgIpc) is 2.17. The van der Waals surface area contributed by atoms with E-state index in [1.165, 1.54) is 0 Å². The van der Waals surface area contributed by atoms with E-state index in [1.54, 1.807) is 0 Å². The molecular weight excluding hydrogens is 166 g/mol. The first-order chi connectivity index (χ1) is 5.52. The maximum atomic E-state index is 10.7. The third-order valence-corrected chi connectivity index (χ3v) is 1.15. The maximum Gasteiger partial charge on any atom is 0.348 e. The summed E-state index contributed by atoms with van der Waals surface area (Å²) in [6, 6.07) is -0.910. The van der Waals surface area contributed by atoms with Gasteiger partial charge in [-0.3, -0.25) is 10.3 Å². The van der Waals surface area contributed by atoms with Gasteiger partial charge in [0.15, 0.2) is 5.82 Å². The number of carbonyl (C=O) groups is 1. The number of urea groups is 1. The van der Waals surface area contributed by atoms with E-state index in [0.717, 1.165) is 0 Å². The summed E-state index contributed by atoms with van der Waals surface area (Å²) in [6.07, 6.45) is 0. The zero-order chi connectivity index (χ0) is 9.30. The molecule has 8 nitrogen and oxygen atoms in total. The van der Waals surface area contributed by atoms with Crippen LogP contribution in [-0.4, -0.2) is 20.8 Å². The molecule has 0 aliphatic rings. The number of aromatic hydroxyl groups is 1. The molecule has 0 fully saturated rings. The highest BCUT2D eigenvalue weighted by Gasteiger charge is 2.11. The molecule has 0 bridgehead atoms. The van der Waals surface area contributed by atoms with Crippen molar-refractivity contribution in [2.24, 2.45) is 5.73 Å². The third-order valence-electron chi connectivity index (χ3n) is 1.15. The lowest BCUT2D eigenvalue weighted by Crippen LogP contribution is -2.23.